The van der Waals surface area contributed by atoms with Crippen LogP contribution in [0.15, 0.2) is 0 Å². The molecule has 1 atom stereocenters. The van der Waals surface area contributed by atoms with Gasteiger partial charge >= 0.3 is 0 Å². The molecule has 0 aromatic carbocycles. The summed E-state index contributed by atoms with van der Waals surface area (Å²) in [5.41, 5.74) is 0. The van der Waals surface area contributed by atoms with Gasteiger partial charge < -0.3 is 5.32 Å². The first kappa shape index (κ1) is 8.59. The van der Waals surface area contributed by atoms with Crippen LogP contribution in [0, 0.1) is 0 Å². The number of hydrogen-bond acceptors (Lipinski definition) is 2. The third-order valence-electron chi connectivity index (χ3n) is 1.85. The van der Waals surface area contributed by atoms with Crippen LogP contribution in [0.3, 0.4) is 0 Å². The van der Waals surface area contributed by atoms with Gasteiger partial charge in [0.05, 0.1) is 12.6 Å². The zero-order chi connectivity index (χ0) is 8.48. The van der Waals surface area contributed by atoms with Crippen molar-refractivity contribution in [2.45, 2.75) is 31.7 Å². The largest absolute Gasteiger partial charge is 0.302 e. The number of hydrogen-bond donors (Lipinski definition) is 1. The fourth-order valence-electron chi connectivity index (χ4n) is 1.19. The number of ketones is 1. The highest BCUT2D eigenvalue weighted by atomic mass is 19.3. The summed E-state index contributed by atoms with van der Waals surface area (Å²) in [4.78, 5) is 10.9. The normalized spacial score (nSPS) is 28.8. The van der Waals surface area contributed by atoms with Gasteiger partial charge in [0.2, 0.25) is 0 Å². The van der Waals surface area contributed by atoms with Gasteiger partial charge in [-0.3, -0.25) is 4.79 Å². The lowest BCUT2D eigenvalue weighted by atomic mass is 10.1. The molecule has 1 N–H and O–H groups in total. The number of Topliss-reactive ketones (excluding diaryl/α,β-unsaturated/α-hetero) is 1. The van der Waals surface area contributed by atoms with Gasteiger partial charge in [-0.15, -0.1) is 0 Å². The number of rotatable bonds is 2. The Hall–Kier alpha value is -0.510. The second-order valence-electron chi connectivity index (χ2n) is 2.81. The minimum absolute atomic E-state index is 0.123. The molecule has 4 heteroatoms. The van der Waals surface area contributed by atoms with Crippen LogP contribution in [0.2, 0.25) is 0 Å². The monoisotopic (exact) mass is 163 g/mol. The van der Waals surface area contributed by atoms with Gasteiger partial charge in [-0.1, -0.05) is 6.92 Å². The van der Waals surface area contributed by atoms with E-state index in [2.05, 4.69) is 5.32 Å². The van der Waals surface area contributed by atoms with Gasteiger partial charge in [-0.05, 0) is 0 Å². The highest BCUT2D eigenvalue weighted by Gasteiger charge is 2.41. The van der Waals surface area contributed by atoms with Crippen molar-refractivity contribution in [1.29, 1.82) is 0 Å². The predicted octanol–water partition coefficient (Wildman–Crippen LogP) is 0.963. The van der Waals surface area contributed by atoms with E-state index in [1.165, 1.54) is 0 Å². The highest BCUT2D eigenvalue weighted by molar-refractivity contribution is 5.84. The van der Waals surface area contributed by atoms with Crippen molar-refractivity contribution < 1.29 is 13.6 Å². The first-order chi connectivity index (χ1) is 5.05. The van der Waals surface area contributed by atoms with Crippen LogP contribution in [0.4, 0.5) is 8.78 Å². The van der Waals surface area contributed by atoms with Crippen LogP contribution in [0.5, 0.6) is 0 Å². The maximum atomic E-state index is 12.5. The summed E-state index contributed by atoms with van der Waals surface area (Å²) in [6.07, 6.45) is -0.00653. The molecule has 1 fully saturated rings. The van der Waals surface area contributed by atoms with Crippen molar-refractivity contribution in [3.05, 3.63) is 0 Å². The van der Waals surface area contributed by atoms with Crippen molar-refractivity contribution in [3.63, 3.8) is 0 Å². The molecule has 1 aliphatic rings. The fraction of sp³-hybridized carbons (Fsp3) is 0.857. The van der Waals surface area contributed by atoms with Gasteiger partial charge in [0, 0.05) is 12.8 Å². The molecule has 0 spiro atoms. The van der Waals surface area contributed by atoms with Crippen molar-refractivity contribution in [1.82, 2.24) is 5.32 Å². The average Bonchev–Trinajstić information content (AvgIpc) is 2.29. The quantitative estimate of drug-likeness (QED) is 0.657. The van der Waals surface area contributed by atoms with Crippen molar-refractivity contribution >= 4 is 5.78 Å². The lowest BCUT2D eigenvalue weighted by molar-refractivity contribution is -0.121. The number of halogens is 2. The maximum Gasteiger partial charge on any atom is 0.262 e. The summed E-state index contributed by atoms with van der Waals surface area (Å²) in [5.74, 6) is -2.81. The standard InChI is InChI=1S/C7H11F2NO/c1-2-6(11)5-3-7(8,9)4-10-5/h5,10H,2-4H2,1H3/t5-/m1/s1. The maximum absolute atomic E-state index is 12.5. The van der Waals surface area contributed by atoms with Gasteiger partial charge in [-0.25, -0.2) is 8.78 Å². The van der Waals surface area contributed by atoms with Crippen molar-refractivity contribution in [2.75, 3.05) is 6.54 Å². The topological polar surface area (TPSA) is 29.1 Å². The van der Waals surface area contributed by atoms with Crippen LogP contribution >= 0.6 is 0 Å². The van der Waals surface area contributed by atoms with Gasteiger partial charge in [0.1, 0.15) is 5.78 Å². The molecule has 11 heavy (non-hydrogen) atoms. The summed E-state index contributed by atoms with van der Waals surface area (Å²) in [7, 11) is 0. The van der Waals surface area contributed by atoms with Crippen molar-refractivity contribution in [2.24, 2.45) is 0 Å². The van der Waals surface area contributed by atoms with Crippen LogP contribution in [-0.4, -0.2) is 24.3 Å². The van der Waals surface area contributed by atoms with E-state index in [1.54, 1.807) is 6.92 Å². The molecule has 0 amide bonds. The lowest BCUT2D eigenvalue weighted by Gasteiger charge is -2.06. The molecule has 0 aromatic rings. The van der Waals surface area contributed by atoms with E-state index in [4.69, 9.17) is 0 Å². The van der Waals surface area contributed by atoms with E-state index < -0.39 is 12.0 Å². The molecule has 0 aliphatic carbocycles. The van der Waals surface area contributed by atoms with Crippen molar-refractivity contribution in [3.8, 4) is 0 Å². The minimum atomic E-state index is -2.69. The second kappa shape index (κ2) is 2.85. The van der Waals surface area contributed by atoms with Gasteiger partial charge in [-0.2, -0.15) is 0 Å². The molecule has 1 rings (SSSR count). The lowest BCUT2D eigenvalue weighted by Crippen LogP contribution is -2.29. The summed E-state index contributed by atoms with van der Waals surface area (Å²) in [6.45, 7) is 1.32. The Labute approximate surface area is 64.0 Å². The SMILES string of the molecule is CCC(=O)[C@H]1CC(F)(F)CN1. The number of alkyl halides is 2. The van der Waals surface area contributed by atoms with Crippen LogP contribution in [-0.2, 0) is 4.79 Å². The molecular formula is C7H11F2NO. The van der Waals surface area contributed by atoms with Crippen LogP contribution in [0.25, 0.3) is 0 Å². The van der Waals surface area contributed by atoms with Gasteiger partial charge in [0.15, 0.2) is 0 Å². The van der Waals surface area contributed by atoms with Crippen LogP contribution in [0.1, 0.15) is 19.8 Å². The van der Waals surface area contributed by atoms with E-state index in [0.717, 1.165) is 0 Å². The van der Waals surface area contributed by atoms with E-state index in [-0.39, 0.29) is 18.7 Å². The van der Waals surface area contributed by atoms with Crippen LogP contribution < -0.4 is 5.32 Å². The first-order valence-electron chi connectivity index (χ1n) is 3.69. The molecule has 1 heterocycles. The number of carbonyl (C=O) groups is 1. The van der Waals surface area contributed by atoms with Gasteiger partial charge in [0.25, 0.3) is 5.92 Å². The van der Waals surface area contributed by atoms with E-state index in [0.29, 0.717) is 6.42 Å². The third-order valence-corrected chi connectivity index (χ3v) is 1.85. The molecule has 64 valence electrons. The zero-order valence-corrected chi connectivity index (χ0v) is 6.36. The predicted molar refractivity (Wildman–Crippen MR) is 36.7 cm³/mol. The molecular weight excluding hydrogens is 152 g/mol. The highest BCUT2D eigenvalue weighted by Crippen LogP contribution is 2.25. The Bertz CT molecular complexity index is 170. The minimum Gasteiger partial charge on any atom is -0.302 e. The molecule has 1 saturated heterocycles. The third kappa shape index (κ3) is 1.96. The zero-order valence-electron chi connectivity index (χ0n) is 6.36. The summed E-state index contributed by atoms with van der Waals surface area (Å²) >= 11 is 0. The number of nitrogens with one attached hydrogen (secondary N) is 1. The van der Waals surface area contributed by atoms with E-state index >= 15 is 0 Å². The molecule has 0 unspecified atom stereocenters. The summed E-state index contributed by atoms with van der Waals surface area (Å²) in [5, 5.41) is 2.50. The summed E-state index contributed by atoms with van der Waals surface area (Å²) in [6, 6.07) is -0.616. The first-order valence-corrected chi connectivity index (χ1v) is 3.69. The molecule has 1 aliphatic heterocycles. The Morgan fingerprint density at radius 3 is 2.73 bits per heavy atom. The Balaban J connectivity index is 2.48. The van der Waals surface area contributed by atoms with E-state index in [1.807, 2.05) is 0 Å². The Kier molecular flexibility index (Phi) is 2.23. The molecule has 0 radical (unpaired) electrons. The summed E-state index contributed by atoms with van der Waals surface area (Å²) < 4.78 is 25.0. The molecule has 0 saturated carbocycles. The number of carbonyl (C=O) groups excluding carboxylic acids is 1. The molecule has 0 aromatic heterocycles. The Morgan fingerprint density at radius 1 is 1.73 bits per heavy atom. The smallest absolute Gasteiger partial charge is 0.262 e. The second-order valence-corrected chi connectivity index (χ2v) is 2.81. The molecule has 2 nitrogen and oxygen atoms in total. The van der Waals surface area contributed by atoms with E-state index in [9.17, 15) is 13.6 Å². The Morgan fingerprint density at radius 2 is 2.36 bits per heavy atom. The molecule has 0 bridgehead atoms. The fourth-order valence-corrected chi connectivity index (χ4v) is 1.19. The average molecular weight is 163 g/mol.